The molecule has 1 aromatic heterocycles. The van der Waals surface area contributed by atoms with Crippen LogP contribution in [0.5, 0.6) is 0 Å². The molecule has 3 N–H and O–H groups in total. The van der Waals surface area contributed by atoms with Crippen LogP contribution in [-0.4, -0.2) is 70.1 Å². The summed E-state index contributed by atoms with van der Waals surface area (Å²) in [6.45, 7) is 1.91. The van der Waals surface area contributed by atoms with Gasteiger partial charge in [-0.1, -0.05) is 0 Å². The molecule has 0 aromatic carbocycles. The molecule has 10 nitrogen and oxygen atoms in total. The van der Waals surface area contributed by atoms with Crippen molar-refractivity contribution in [1.82, 2.24) is 20.5 Å². The van der Waals surface area contributed by atoms with Gasteiger partial charge in [0.1, 0.15) is 12.1 Å². The first-order valence-electron chi connectivity index (χ1n) is 9.03. The van der Waals surface area contributed by atoms with Gasteiger partial charge >= 0.3 is 5.97 Å². The summed E-state index contributed by atoms with van der Waals surface area (Å²) < 4.78 is 4.60. The Morgan fingerprint density at radius 3 is 2.86 bits per heavy atom. The fourth-order valence-electron chi connectivity index (χ4n) is 3.34. The first-order valence-corrected chi connectivity index (χ1v) is 9.03. The number of nitrogens with one attached hydrogen (secondary N) is 2. The molecule has 0 spiro atoms. The van der Waals surface area contributed by atoms with Gasteiger partial charge < -0.3 is 25.4 Å². The van der Waals surface area contributed by atoms with Crippen molar-refractivity contribution in [3.63, 3.8) is 0 Å². The van der Waals surface area contributed by atoms with E-state index in [2.05, 4.69) is 20.4 Å². The van der Waals surface area contributed by atoms with E-state index in [-0.39, 0.29) is 18.9 Å². The molecule has 3 amide bonds. The second kappa shape index (κ2) is 8.34. The molecule has 2 aliphatic rings. The Labute approximate surface area is 161 Å². The molecule has 2 aliphatic heterocycles. The number of esters is 1. The van der Waals surface area contributed by atoms with Crippen LogP contribution in [0.3, 0.4) is 0 Å². The van der Waals surface area contributed by atoms with Gasteiger partial charge in [-0.3, -0.25) is 24.2 Å². The summed E-state index contributed by atoms with van der Waals surface area (Å²) >= 11 is 0. The first kappa shape index (κ1) is 19.7. The molecule has 150 valence electrons. The number of carbonyl (C=O) groups excluding carboxylic acids is 4. The predicted octanol–water partition coefficient (Wildman–Crippen LogP) is -1.14. The van der Waals surface area contributed by atoms with Crippen LogP contribution in [0.2, 0.25) is 0 Å². The molecule has 2 fully saturated rings. The highest BCUT2D eigenvalue weighted by molar-refractivity contribution is 5.98. The summed E-state index contributed by atoms with van der Waals surface area (Å²) in [6, 6.07) is 0.155. The fourth-order valence-corrected chi connectivity index (χ4v) is 3.34. The molecule has 2 saturated heterocycles. The summed E-state index contributed by atoms with van der Waals surface area (Å²) in [5.74, 6) is -1.84. The number of aliphatic hydroxyl groups is 1. The van der Waals surface area contributed by atoms with Crippen LogP contribution in [0.1, 0.15) is 35.2 Å². The maximum atomic E-state index is 12.5. The summed E-state index contributed by atoms with van der Waals surface area (Å²) in [5.41, 5.74) is 1.12. The number of cyclic esters (lactones) is 1. The van der Waals surface area contributed by atoms with E-state index >= 15 is 0 Å². The van der Waals surface area contributed by atoms with Gasteiger partial charge in [-0.05, 0) is 31.4 Å². The van der Waals surface area contributed by atoms with Gasteiger partial charge in [0.15, 0.2) is 0 Å². The zero-order valence-electron chi connectivity index (χ0n) is 15.4. The van der Waals surface area contributed by atoms with Gasteiger partial charge in [0.2, 0.25) is 18.1 Å². The van der Waals surface area contributed by atoms with E-state index in [4.69, 9.17) is 0 Å². The van der Waals surface area contributed by atoms with Gasteiger partial charge in [0, 0.05) is 18.9 Å². The average molecular weight is 390 g/mol. The Morgan fingerprint density at radius 2 is 2.18 bits per heavy atom. The lowest BCUT2D eigenvalue weighted by Crippen LogP contribution is -2.52. The lowest BCUT2D eigenvalue weighted by atomic mass is 10.1. The minimum Gasteiger partial charge on any atom is -0.434 e. The van der Waals surface area contributed by atoms with E-state index in [1.165, 1.54) is 11.1 Å². The van der Waals surface area contributed by atoms with E-state index in [0.29, 0.717) is 24.9 Å². The highest BCUT2D eigenvalue weighted by Gasteiger charge is 2.39. The average Bonchev–Trinajstić information content (AvgIpc) is 3.26. The third kappa shape index (κ3) is 4.28. The Morgan fingerprint density at radius 1 is 1.39 bits per heavy atom. The maximum Gasteiger partial charge on any atom is 0.310 e. The SMILES string of the molecule is Cc1ccncc1C(=O)NCC(=O)N1CCC[C@H]1C(=O)N[C@H]1CC(=O)O[C@H]1O. The topological polar surface area (TPSA) is 138 Å². The predicted molar refractivity (Wildman–Crippen MR) is 94.7 cm³/mol. The van der Waals surface area contributed by atoms with Gasteiger partial charge in [-0.25, -0.2) is 0 Å². The van der Waals surface area contributed by atoms with Gasteiger partial charge in [-0.15, -0.1) is 0 Å². The third-order valence-corrected chi connectivity index (χ3v) is 4.87. The van der Waals surface area contributed by atoms with Crippen LogP contribution in [0.15, 0.2) is 18.5 Å². The Bertz CT molecular complexity index is 798. The van der Waals surface area contributed by atoms with Crippen molar-refractivity contribution >= 4 is 23.7 Å². The molecule has 0 aliphatic carbocycles. The van der Waals surface area contributed by atoms with E-state index in [9.17, 15) is 24.3 Å². The lowest BCUT2D eigenvalue weighted by molar-refractivity contribution is -0.155. The number of carbonyl (C=O) groups is 4. The third-order valence-electron chi connectivity index (χ3n) is 4.87. The molecule has 0 saturated carbocycles. The number of ether oxygens (including phenoxy) is 1. The van der Waals surface area contributed by atoms with Gasteiger partial charge in [-0.2, -0.15) is 0 Å². The minimum absolute atomic E-state index is 0.117. The van der Waals surface area contributed by atoms with Crippen molar-refractivity contribution in [3.8, 4) is 0 Å². The highest BCUT2D eigenvalue weighted by atomic mass is 16.6. The molecular formula is C18H22N4O6. The summed E-state index contributed by atoms with van der Waals surface area (Å²) in [7, 11) is 0. The Hall–Kier alpha value is -3.01. The molecule has 28 heavy (non-hydrogen) atoms. The first-order chi connectivity index (χ1) is 13.4. The fraction of sp³-hybridized carbons (Fsp3) is 0.500. The molecule has 1 aromatic rings. The van der Waals surface area contributed by atoms with E-state index in [1.54, 1.807) is 19.2 Å². The molecule has 3 heterocycles. The second-order valence-corrected chi connectivity index (χ2v) is 6.82. The molecule has 0 bridgehead atoms. The number of amides is 3. The second-order valence-electron chi connectivity index (χ2n) is 6.82. The smallest absolute Gasteiger partial charge is 0.310 e. The number of aliphatic hydroxyl groups excluding tert-OH is 1. The molecule has 3 atom stereocenters. The van der Waals surface area contributed by atoms with Crippen LogP contribution in [-0.2, 0) is 19.1 Å². The minimum atomic E-state index is -1.39. The molecule has 0 radical (unpaired) electrons. The maximum absolute atomic E-state index is 12.5. The zero-order valence-corrected chi connectivity index (χ0v) is 15.4. The molecule has 0 unspecified atom stereocenters. The van der Waals surface area contributed by atoms with Crippen molar-refractivity contribution in [1.29, 1.82) is 0 Å². The number of hydrogen-bond acceptors (Lipinski definition) is 7. The highest BCUT2D eigenvalue weighted by Crippen LogP contribution is 2.19. The number of rotatable bonds is 5. The standard InChI is InChI=1S/C18H22N4O6/c1-10-4-5-19-8-11(10)16(25)20-9-14(23)22-6-2-3-13(22)17(26)21-12-7-15(24)28-18(12)27/h4-5,8,12-13,18,27H,2-3,6-7,9H2,1H3,(H,20,25)(H,21,26)/t12-,13-,18+/m0/s1. The largest absolute Gasteiger partial charge is 0.434 e. The Kier molecular flexibility index (Phi) is 5.88. The van der Waals surface area contributed by atoms with Crippen molar-refractivity contribution in [2.45, 2.75) is 44.6 Å². The van der Waals surface area contributed by atoms with Crippen LogP contribution in [0.25, 0.3) is 0 Å². The van der Waals surface area contributed by atoms with Crippen LogP contribution >= 0.6 is 0 Å². The number of pyridine rings is 1. The van der Waals surface area contributed by atoms with Crippen LogP contribution in [0.4, 0.5) is 0 Å². The van der Waals surface area contributed by atoms with E-state index < -0.39 is 36.2 Å². The van der Waals surface area contributed by atoms with Crippen molar-refractivity contribution < 1.29 is 29.0 Å². The summed E-state index contributed by atoms with van der Waals surface area (Å²) in [6.07, 6.45) is 2.60. The number of aromatic nitrogens is 1. The molecular weight excluding hydrogens is 368 g/mol. The summed E-state index contributed by atoms with van der Waals surface area (Å²) in [4.78, 5) is 53.7. The normalized spacial score (nSPS) is 24.0. The quantitative estimate of drug-likeness (QED) is 0.540. The van der Waals surface area contributed by atoms with Crippen molar-refractivity contribution in [3.05, 3.63) is 29.6 Å². The van der Waals surface area contributed by atoms with E-state index in [1.807, 2.05) is 0 Å². The molecule has 3 rings (SSSR count). The number of aryl methyl sites for hydroxylation is 1. The van der Waals surface area contributed by atoms with Crippen LogP contribution < -0.4 is 10.6 Å². The van der Waals surface area contributed by atoms with Crippen molar-refractivity contribution in [2.24, 2.45) is 0 Å². The zero-order chi connectivity index (χ0) is 20.3. The molecule has 10 heteroatoms. The monoisotopic (exact) mass is 390 g/mol. The number of likely N-dealkylation sites (tertiary alicyclic amines) is 1. The van der Waals surface area contributed by atoms with E-state index in [0.717, 1.165) is 5.56 Å². The van der Waals surface area contributed by atoms with Crippen molar-refractivity contribution in [2.75, 3.05) is 13.1 Å². The number of hydrogen-bond donors (Lipinski definition) is 3. The Balaban J connectivity index is 1.55. The van der Waals surface area contributed by atoms with Crippen LogP contribution in [0, 0.1) is 6.92 Å². The van der Waals surface area contributed by atoms with Gasteiger partial charge in [0.05, 0.1) is 18.5 Å². The summed E-state index contributed by atoms with van der Waals surface area (Å²) in [5, 5.41) is 14.7. The van der Waals surface area contributed by atoms with Gasteiger partial charge in [0.25, 0.3) is 5.91 Å². The lowest BCUT2D eigenvalue weighted by Gasteiger charge is -2.25. The number of nitrogens with zero attached hydrogens (tertiary/aromatic N) is 2.